The van der Waals surface area contributed by atoms with E-state index in [1.54, 1.807) is 0 Å². The van der Waals surface area contributed by atoms with Gasteiger partial charge < -0.3 is 4.74 Å². The van der Waals surface area contributed by atoms with Crippen LogP contribution in [-0.2, 0) is 4.74 Å². The first-order chi connectivity index (χ1) is 7.00. The van der Waals surface area contributed by atoms with Crippen molar-refractivity contribution in [1.82, 2.24) is 0 Å². The van der Waals surface area contributed by atoms with Crippen molar-refractivity contribution in [2.24, 2.45) is 17.8 Å². The Morgan fingerprint density at radius 1 is 1.27 bits per heavy atom. The number of hydrogen-bond acceptors (Lipinski definition) is 1. The molecule has 0 bridgehead atoms. The highest BCUT2D eigenvalue weighted by Gasteiger charge is 2.32. The van der Waals surface area contributed by atoms with Crippen molar-refractivity contribution in [3.05, 3.63) is 0 Å². The Morgan fingerprint density at radius 3 is 2.47 bits per heavy atom. The molecule has 2 heteroatoms. The van der Waals surface area contributed by atoms with Crippen LogP contribution in [0, 0.1) is 17.8 Å². The van der Waals surface area contributed by atoms with Gasteiger partial charge in [0.05, 0.1) is 0 Å². The van der Waals surface area contributed by atoms with Crippen molar-refractivity contribution in [1.29, 1.82) is 0 Å². The lowest BCUT2D eigenvalue weighted by Gasteiger charge is -2.35. The van der Waals surface area contributed by atoms with Crippen molar-refractivity contribution in [2.75, 3.05) is 14.1 Å². The van der Waals surface area contributed by atoms with Crippen LogP contribution in [0.3, 0.4) is 0 Å². The van der Waals surface area contributed by atoms with Gasteiger partial charge in [-0.05, 0) is 30.6 Å². The van der Waals surface area contributed by atoms with Gasteiger partial charge >= 0.3 is 6.40 Å². The van der Waals surface area contributed by atoms with Gasteiger partial charge in [-0.3, -0.25) is 0 Å². The molecular formula is C13H26NO+. The minimum Gasteiger partial charge on any atom is -0.447 e. The third-order valence-corrected chi connectivity index (χ3v) is 3.41. The topological polar surface area (TPSA) is 12.2 Å². The number of hydrogen-bond donors (Lipinski definition) is 0. The van der Waals surface area contributed by atoms with Gasteiger partial charge in [0, 0.05) is 0 Å². The summed E-state index contributed by atoms with van der Waals surface area (Å²) < 4.78 is 7.87. The Labute approximate surface area is 94.3 Å². The summed E-state index contributed by atoms with van der Waals surface area (Å²) in [6.07, 6.45) is 6.19. The molecule has 3 unspecified atom stereocenters. The predicted molar refractivity (Wildman–Crippen MR) is 64.4 cm³/mol. The summed E-state index contributed by atoms with van der Waals surface area (Å²) >= 11 is 0. The summed E-state index contributed by atoms with van der Waals surface area (Å²) in [6.45, 7) is 6.96. The fourth-order valence-corrected chi connectivity index (χ4v) is 2.47. The van der Waals surface area contributed by atoms with Crippen molar-refractivity contribution in [3.63, 3.8) is 0 Å². The maximum Gasteiger partial charge on any atom is 0.323 e. The molecule has 15 heavy (non-hydrogen) atoms. The molecule has 0 radical (unpaired) electrons. The largest absolute Gasteiger partial charge is 0.447 e. The van der Waals surface area contributed by atoms with E-state index in [9.17, 15) is 0 Å². The van der Waals surface area contributed by atoms with Gasteiger partial charge in [0.25, 0.3) is 0 Å². The summed E-state index contributed by atoms with van der Waals surface area (Å²) in [5.74, 6) is 2.29. The molecular weight excluding hydrogens is 186 g/mol. The number of nitrogens with zero attached hydrogens (tertiary/aromatic N) is 1. The van der Waals surface area contributed by atoms with Crippen LogP contribution in [0.4, 0.5) is 0 Å². The lowest BCUT2D eigenvalue weighted by molar-refractivity contribution is -0.469. The van der Waals surface area contributed by atoms with Gasteiger partial charge in [-0.15, -0.1) is 0 Å². The minimum absolute atomic E-state index is 0.427. The first-order valence-corrected chi connectivity index (χ1v) is 6.16. The average Bonchev–Trinajstić information content (AvgIpc) is 2.14. The Hall–Kier alpha value is -0.530. The quantitative estimate of drug-likeness (QED) is 0.398. The molecule has 88 valence electrons. The van der Waals surface area contributed by atoms with Crippen LogP contribution in [0.5, 0.6) is 0 Å². The number of rotatable bonds is 3. The second-order valence-electron chi connectivity index (χ2n) is 5.57. The van der Waals surface area contributed by atoms with E-state index in [4.69, 9.17) is 4.74 Å². The van der Waals surface area contributed by atoms with Gasteiger partial charge in [0.15, 0.2) is 0 Å². The zero-order valence-electron chi connectivity index (χ0n) is 10.9. The molecule has 1 saturated carbocycles. The third kappa shape index (κ3) is 3.84. The van der Waals surface area contributed by atoms with Crippen molar-refractivity contribution >= 4 is 6.40 Å². The summed E-state index contributed by atoms with van der Waals surface area (Å²) in [7, 11) is 4.02. The van der Waals surface area contributed by atoms with Crippen LogP contribution in [0.2, 0.25) is 0 Å². The highest BCUT2D eigenvalue weighted by atomic mass is 16.5. The molecule has 0 aromatic carbocycles. The van der Waals surface area contributed by atoms with E-state index in [-0.39, 0.29) is 0 Å². The van der Waals surface area contributed by atoms with E-state index in [0.717, 1.165) is 17.8 Å². The van der Waals surface area contributed by atoms with Crippen molar-refractivity contribution in [3.8, 4) is 0 Å². The van der Waals surface area contributed by atoms with Crippen LogP contribution < -0.4 is 0 Å². The van der Waals surface area contributed by atoms with E-state index in [2.05, 4.69) is 20.8 Å². The molecule has 0 saturated heterocycles. The third-order valence-electron chi connectivity index (χ3n) is 3.41. The van der Waals surface area contributed by atoms with E-state index < -0.39 is 0 Å². The van der Waals surface area contributed by atoms with Crippen LogP contribution in [0.25, 0.3) is 0 Å². The molecule has 0 N–H and O–H groups in total. The van der Waals surface area contributed by atoms with Crippen LogP contribution >= 0.6 is 0 Å². The monoisotopic (exact) mass is 212 g/mol. The lowest BCUT2D eigenvalue weighted by atomic mass is 9.75. The van der Waals surface area contributed by atoms with Gasteiger partial charge in [0.2, 0.25) is 0 Å². The first-order valence-electron chi connectivity index (χ1n) is 6.16. The van der Waals surface area contributed by atoms with Crippen molar-refractivity contribution < 1.29 is 9.31 Å². The highest BCUT2D eigenvalue weighted by Crippen LogP contribution is 2.34. The molecule has 3 atom stereocenters. The summed E-state index contributed by atoms with van der Waals surface area (Å²) in [5.41, 5.74) is 0. The standard InChI is InChI=1S/C13H26NO/c1-10(2)12-7-6-11(3)8-13(12)15-9-14(4)5/h9-13H,6-8H2,1-5H3/q+1. The predicted octanol–water partition coefficient (Wildman–Crippen LogP) is 2.76. The summed E-state index contributed by atoms with van der Waals surface area (Å²) in [6, 6.07) is 0. The lowest BCUT2D eigenvalue weighted by Crippen LogP contribution is -2.34. The second kappa shape index (κ2) is 5.53. The van der Waals surface area contributed by atoms with Gasteiger partial charge in [0.1, 0.15) is 20.2 Å². The Morgan fingerprint density at radius 2 is 1.93 bits per heavy atom. The second-order valence-corrected chi connectivity index (χ2v) is 5.57. The normalized spacial score (nSPS) is 31.5. The van der Waals surface area contributed by atoms with Crippen molar-refractivity contribution in [2.45, 2.75) is 46.1 Å². The fourth-order valence-electron chi connectivity index (χ4n) is 2.47. The summed E-state index contributed by atoms with van der Waals surface area (Å²) in [4.78, 5) is 0. The average molecular weight is 212 g/mol. The molecule has 1 fully saturated rings. The van der Waals surface area contributed by atoms with E-state index in [0.29, 0.717) is 6.10 Å². The maximum atomic E-state index is 5.89. The van der Waals surface area contributed by atoms with Crippen LogP contribution in [-0.4, -0.2) is 31.2 Å². The van der Waals surface area contributed by atoms with E-state index >= 15 is 0 Å². The SMILES string of the molecule is CC1CCC(C(C)C)C(OC=[N+](C)C)C1. The smallest absolute Gasteiger partial charge is 0.323 e. The van der Waals surface area contributed by atoms with Crippen LogP contribution in [0.1, 0.15) is 40.0 Å². The van der Waals surface area contributed by atoms with E-state index in [1.165, 1.54) is 19.3 Å². The summed E-state index contributed by atoms with van der Waals surface area (Å²) in [5, 5.41) is 0. The molecule has 2 nitrogen and oxygen atoms in total. The maximum absolute atomic E-state index is 5.89. The Bertz CT molecular complexity index is 219. The molecule has 0 heterocycles. The minimum atomic E-state index is 0.427. The molecule has 0 spiro atoms. The zero-order valence-corrected chi connectivity index (χ0v) is 10.9. The fraction of sp³-hybridized carbons (Fsp3) is 0.923. The van der Waals surface area contributed by atoms with Gasteiger partial charge in [-0.25, -0.2) is 4.58 Å². The van der Waals surface area contributed by atoms with Gasteiger partial charge in [-0.1, -0.05) is 27.2 Å². The molecule has 1 aliphatic carbocycles. The number of ether oxygens (including phenoxy) is 1. The van der Waals surface area contributed by atoms with Gasteiger partial charge in [-0.2, -0.15) is 0 Å². The molecule has 0 aliphatic heterocycles. The molecule has 1 aliphatic rings. The molecule has 0 aromatic heterocycles. The Balaban J connectivity index is 2.58. The van der Waals surface area contributed by atoms with E-state index in [1.807, 2.05) is 25.1 Å². The molecule has 0 amide bonds. The highest BCUT2D eigenvalue weighted by molar-refractivity contribution is 5.39. The molecule has 1 rings (SSSR count). The Kier molecular flexibility index (Phi) is 4.62. The first kappa shape index (κ1) is 12.5. The zero-order chi connectivity index (χ0) is 11.4. The van der Waals surface area contributed by atoms with Crippen LogP contribution in [0.15, 0.2) is 0 Å². The molecule has 0 aromatic rings.